The third-order valence-electron chi connectivity index (χ3n) is 5.09. The van der Waals surface area contributed by atoms with Crippen LogP contribution in [0.2, 0.25) is 0 Å². The maximum absolute atomic E-state index is 12.4. The van der Waals surface area contributed by atoms with E-state index in [4.69, 9.17) is 4.74 Å². The van der Waals surface area contributed by atoms with Crippen LogP contribution in [0, 0.1) is 0 Å². The molecule has 1 aliphatic heterocycles. The van der Waals surface area contributed by atoms with Crippen LogP contribution in [0.3, 0.4) is 0 Å². The molecule has 2 aromatic rings. The summed E-state index contributed by atoms with van der Waals surface area (Å²) in [7, 11) is 0. The molecule has 0 aliphatic carbocycles. The molecule has 4 nitrogen and oxygen atoms in total. The Labute approximate surface area is 162 Å². The summed E-state index contributed by atoms with van der Waals surface area (Å²) in [6, 6.07) is 16.4. The van der Waals surface area contributed by atoms with Crippen molar-refractivity contribution in [2.45, 2.75) is 52.2 Å². The van der Waals surface area contributed by atoms with Gasteiger partial charge in [0.25, 0.3) is 5.91 Å². The molecule has 4 heteroatoms. The summed E-state index contributed by atoms with van der Waals surface area (Å²) in [6.45, 7) is 8.84. The molecule has 0 spiro atoms. The number of para-hydroxylation sites is 1. The van der Waals surface area contributed by atoms with Crippen LogP contribution in [0.15, 0.2) is 48.5 Å². The largest absolute Gasteiger partial charge is 0.481 e. The van der Waals surface area contributed by atoms with Crippen LogP contribution >= 0.6 is 0 Å². The molecule has 144 valence electrons. The number of amides is 1. The zero-order valence-electron chi connectivity index (χ0n) is 16.6. The summed E-state index contributed by atoms with van der Waals surface area (Å²) in [4.78, 5) is 14.8. The Bertz CT molecular complexity index is 749. The van der Waals surface area contributed by atoms with Crippen LogP contribution in [0.25, 0.3) is 0 Å². The quantitative estimate of drug-likeness (QED) is 0.785. The SMILES string of the molecule is CC(C)c1ccccc1O[C@@H](C)C(=O)NCc1ccc(N2CCCC2)cc1. The van der Waals surface area contributed by atoms with Crippen LogP contribution in [0.4, 0.5) is 5.69 Å². The maximum Gasteiger partial charge on any atom is 0.261 e. The first kappa shape index (κ1) is 19.3. The fourth-order valence-corrected chi connectivity index (χ4v) is 3.44. The summed E-state index contributed by atoms with van der Waals surface area (Å²) in [6.07, 6.45) is 2.01. The predicted octanol–water partition coefficient (Wildman–Crippen LogP) is 4.49. The van der Waals surface area contributed by atoms with Crippen molar-refractivity contribution in [3.63, 3.8) is 0 Å². The van der Waals surface area contributed by atoms with Gasteiger partial charge in [0.15, 0.2) is 6.10 Å². The zero-order valence-corrected chi connectivity index (χ0v) is 16.6. The van der Waals surface area contributed by atoms with Gasteiger partial charge in [0.05, 0.1) is 0 Å². The Hall–Kier alpha value is -2.49. The number of hydrogen-bond donors (Lipinski definition) is 1. The number of nitrogens with one attached hydrogen (secondary N) is 1. The molecule has 1 amide bonds. The van der Waals surface area contributed by atoms with Crippen molar-refractivity contribution in [2.75, 3.05) is 18.0 Å². The third-order valence-corrected chi connectivity index (χ3v) is 5.09. The molecule has 27 heavy (non-hydrogen) atoms. The molecule has 2 aromatic carbocycles. The maximum atomic E-state index is 12.4. The minimum atomic E-state index is -0.534. The second-order valence-corrected chi connectivity index (χ2v) is 7.53. The lowest BCUT2D eigenvalue weighted by Gasteiger charge is -2.19. The van der Waals surface area contributed by atoms with E-state index in [1.54, 1.807) is 6.92 Å². The van der Waals surface area contributed by atoms with Gasteiger partial charge < -0.3 is 15.0 Å². The van der Waals surface area contributed by atoms with Gasteiger partial charge in [-0.1, -0.05) is 44.2 Å². The van der Waals surface area contributed by atoms with Crippen molar-refractivity contribution >= 4 is 11.6 Å². The number of rotatable bonds is 7. The minimum Gasteiger partial charge on any atom is -0.481 e. The number of carbonyl (C=O) groups is 1. The van der Waals surface area contributed by atoms with Gasteiger partial charge in [-0.25, -0.2) is 0 Å². The van der Waals surface area contributed by atoms with Crippen molar-refractivity contribution in [3.05, 3.63) is 59.7 Å². The zero-order chi connectivity index (χ0) is 19.2. The number of carbonyl (C=O) groups excluding carboxylic acids is 1. The summed E-state index contributed by atoms with van der Waals surface area (Å²) in [5, 5.41) is 2.98. The van der Waals surface area contributed by atoms with E-state index in [9.17, 15) is 4.79 Å². The second kappa shape index (κ2) is 8.94. The van der Waals surface area contributed by atoms with Crippen molar-refractivity contribution in [3.8, 4) is 5.75 Å². The summed E-state index contributed by atoms with van der Waals surface area (Å²) < 4.78 is 5.92. The number of benzene rings is 2. The number of anilines is 1. The Morgan fingerprint density at radius 2 is 1.70 bits per heavy atom. The van der Waals surface area contributed by atoms with E-state index in [2.05, 4.69) is 48.3 Å². The molecule has 0 bridgehead atoms. The molecule has 0 aromatic heterocycles. The Morgan fingerprint density at radius 3 is 2.37 bits per heavy atom. The fraction of sp³-hybridized carbons (Fsp3) is 0.435. The van der Waals surface area contributed by atoms with Gasteiger partial charge in [-0.05, 0) is 55.0 Å². The molecule has 1 atom stereocenters. The highest BCUT2D eigenvalue weighted by atomic mass is 16.5. The van der Waals surface area contributed by atoms with Gasteiger partial charge in [0.1, 0.15) is 5.75 Å². The molecule has 1 saturated heterocycles. The molecule has 0 unspecified atom stereocenters. The van der Waals surface area contributed by atoms with E-state index in [1.807, 2.05) is 24.3 Å². The molecular formula is C23H30N2O2. The van der Waals surface area contributed by atoms with Crippen LogP contribution in [0.1, 0.15) is 50.7 Å². The standard InChI is InChI=1S/C23H30N2O2/c1-17(2)21-8-4-5-9-22(21)27-18(3)23(26)24-16-19-10-12-20(13-11-19)25-14-6-7-15-25/h4-5,8-13,17-18H,6-7,14-16H2,1-3H3,(H,24,26)/t18-/m0/s1. The highest BCUT2D eigenvalue weighted by molar-refractivity contribution is 5.80. The van der Waals surface area contributed by atoms with Crippen LogP contribution in [-0.2, 0) is 11.3 Å². The predicted molar refractivity (Wildman–Crippen MR) is 110 cm³/mol. The monoisotopic (exact) mass is 366 g/mol. The van der Waals surface area contributed by atoms with E-state index in [-0.39, 0.29) is 5.91 Å². The third kappa shape index (κ3) is 5.03. The van der Waals surface area contributed by atoms with Crippen molar-refractivity contribution in [2.24, 2.45) is 0 Å². The van der Waals surface area contributed by atoms with Gasteiger partial charge in [0.2, 0.25) is 0 Å². The number of hydrogen-bond acceptors (Lipinski definition) is 3. The average Bonchev–Trinajstić information content (AvgIpc) is 3.21. The van der Waals surface area contributed by atoms with Gasteiger partial charge in [-0.2, -0.15) is 0 Å². The van der Waals surface area contributed by atoms with Gasteiger partial charge in [-0.15, -0.1) is 0 Å². The highest BCUT2D eigenvalue weighted by Crippen LogP contribution is 2.26. The highest BCUT2D eigenvalue weighted by Gasteiger charge is 2.17. The first-order chi connectivity index (χ1) is 13.0. The minimum absolute atomic E-state index is 0.0998. The van der Waals surface area contributed by atoms with E-state index in [0.29, 0.717) is 12.5 Å². The molecule has 0 saturated carbocycles. The van der Waals surface area contributed by atoms with Crippen LogP contribution < -0.4 is 15.0 Å². The smallest absolute Gasteiger partial charge is 0.261 e. The lowest BCUT2D eigenvalue weighted by atomic mass is 10.0. The molecule has 0 radical (unpaired) electrons. The fourth-order valence-electron chi connectivity index (χ4n) is 3.44. The molecule has 3 rings (SSSR count). The molecular weight excluding hydrogens is 336 g/mol. The van der Waals surface area contributed by atoms with E-state index >= 15 is 0 Å². The van der Waals surface area contributed by atoms with Gasteiger partial charge >= 0.3 is 0 Å². The Kier molecular flexibility index (Phi) is 6.38. The van der Waals surface area contributed by atoms with Gasteiger partial charge in [0, 0.05) is 25.3 Å². The van der Waals surface area contributed by atoms with E-state index in [1.165, 1.54) is 18.5 Å². The topological polar surface area (TPSA) is 41.6 Å². The van der Waals surface area contributed by atoms with Crippen LogP contribution in [0.5, 0.6) is 5.75 Å². The normalized spacial score (nSPS) is 15.0. The van der Waals surface area contributed by atoms with Gasteiger partial charge in [-0.3, -0.25) is 4.79 Å². The lowest BCUT2D eigenvalue weighted by molar-refractivity contribution is -0.127. The molecule has 1 fully saturated rings. The van der Waals surface area contributed by atoms with Crippen molar-refractivity contribution in [1.82, 2.24) is 5.32 Å². The molecule has 1 N–H and O–H groups in total. The van der Waals surface area contributed by atoms with Crippen molar-refractivity contribution in [1.29, 1.82) is 0 Å². The molecule has 1 heterocycles. The van der Waals surface area contributed by atoms with E-state index in [0.717, 1.165) is 30.0 Å². The van der Waals surface area contributed by atoms with E-state index < -0.39 is 6.10 Å². The molecule has 1 aliphatic rings. The Balaban J connectivity index is 1.53. The summed E-state index contributed by atoms with van der Waals surface area (Å²) in [5.74, 6) is 1.04. The number of ether oxygens (including phenoxy) is 1. The summed E-state index contributed by atoms with van der Waals surface area (Å²) in [5.41, 5.74) is 3.49. The first-order valence-electron chi connectivity index (χ1n) is 9.92. The average molecular weight is 367 g/mol. The first-order valence-corrected chi connectivity index (χ1v) is 9.92. The lowest BCUT2D eigenvalue weighted by Crippen LogP contribution is -2.36. The Morgan fingerprint density at radius 1 is 1.04 bits per heavy atom. The van der Waals surface area contributed by atoms with Crippen LogP contribution in [-0.4, -0.2) is 25.1 Å². The second-order valence-electron chi connectivity index (χ2n) is 7.53. The number of nitrogens with zero attached hydrogens (tertiary/aromatic N) is 1. The van der Waals surface area contributed by atoms with Crippen molar-refractivity contribution < 1.29 is 9.53 Å². The summed E-state index contributed by atoms with van der Waals surface area (Å²) >= 11 is 0.